The van der Waals surface area contributed by atoms with E-state index in [2.05, 4.69) is 27.7 Å². The molecule has 0 bridgehead atoms. The Morgan fingerprint density at radius 1 is 1.00 bits per heavy atom. The Bertz CT molecular complexity index is 99.2. The monoisotopic (exact) mass is 172 g/mol. The molecule has 0 aromatic heterocycles. The molecule has 0 aromatic rings. The van der Waals surface area contributed by atoms with Crippen LogP contribution in [0.4, 0.5) is 0 Å². The van der Waals surface area contributed by atoms with Crippen molar-refractivity contribution >= 4 is 0 Å². The van der Waals surface area contributed by atoms with Crippen molar-refractivity contribution in [3.8, 4) is 0 Å². The predicted molar refractivity (Wildman–Crippen MR) is 54.2 cm³/mol. The molecule has 0 fully saturated rings. The first-order chi connectivity index (χ1) is 5.57. The third kappa shape index (κ3) is 5.59. The van der Waals surface area contributed by atoms with Gasteiger partial charge in [0, 0.05) is 0 Å². The van der Waals surface area contributed by atoms with Crippen molar-refractivity contribution in [1.82, 2.24) is 0 Å². The van der Waals surface area contributed by atoms with Crippen LogP contribution >= 0.6 is 0 Å². The molecule has 2 atom stereocenters. The van der Waals surface area contributed by atoms with Crippen LogP contribution in [0.1, 0.15) is 53.4 Å². The summed E-state index contributed by atoms with van der Waals surface area (Å²) in [4.78, 5) is 0. The Labute approximate surface area is 77.2 Å². The lowest BCUT2D eigenvalue weighted by Gasteiger charge is -2.17. The van der Waals surface area contributed by atoms with E-state index in [1.165, 1.54) is 6.42 Å². The molecule has 0 spiro atoms. The van der Waals surface area contributed by atoms with E-state index in [0.717, 1.165) is 31.1 Å². The normalized spacial score (nSPS) is 16.5. The van der Waals surface area contributed by atoms with Crippen LogP contribution in [-0.4, -0.2) is 11.2 Å². The Balaban J connectivity index is 3.40. The van der Waals surface area contributed by atoms with E-state index in [4.69, 9.17) is 0 Å². The van der Waals surface area contributed by atoms with Crippen LogP contribution in [0.15, 0.2) is 0 Å². The number of aliphatic hydroxyl groups is 1. The van der Waals surface area contributed by atoms with Crippen molar-refractivity contribution in [2.24, 2.45) is 11.8 Å². The van der Waals surface area contributed by atoms with Crippen LogP contribution < -0.4 is 0 Å². The summed E-state index contributed by atoms with van der Waals surface area (Å²) in [5.41, 5.74) is 0. The molecule has 12 heavy (non-hydrogen) atoms. The number of aliphatic hydroxyl groups excluding tert-OH is 1. The lowest BCUT2D eigenvalue weighted by atomic mass is 9.91. The minimum absolute atomic E-state index is 0.0591. The zero-order valence-electron chi connectivity index (χ0n) is 9.01. The molecule has 1 nitrogen and oxygen atoms in total. The quantitative estimate of drug-likeness (QED) is 0.652. The van der Waals surface area contributed by atoms with Gasteiger partial charge in [0.1, 0.15) is 0 Å². The minimum Gasteiger partial charge on any atom is -0.393 e. The minimum atomic E-state index is -0.0591. The Morgan fingerprint density at radius 3 is 2.00 bits per heavy atom. The van der Waals surface area contributed by atoms with E-state index in [1.807, 2.05) is 0 Å². The van der Waals surface area contributed by atoms with Gasteiger partial charge < -0.3 is 5.11 Å². The maximum absolute atomic E-state index is 9.48. The summed E-state index contributed by atoms with van der Waals surface area (Å²) in [6.45, 7) is 8.88. The molecule has 0 aromatic carbocycles. The van der Waals surface area contributed by atoms with Gasteiger partial charge in [-0.2, -0.15) is 0 Å². The summed E-state index contributed by atoms with van der Waals surface area (Å²) in [5, 5.41) is 9.48. The second kappa shape index (κ2) is 6.47. The molecule has 0 saturated carbocycles. The zero-order chi connectivity index (χ0) is 9.56. The third-order valence-corrected chi connectivity index (χ3v) is 2.72. The van der Waals surface area contributed by atoms with Gasteiger partial charge in [-0.1, -0.05) is 34.1 Å². The molecule has 0 aliphatic carbocycles. The van der Waals surface area contributed by atoms with E-state index in [-0.39, 0.29) is 6.10 Å². The molecule has 0 aliphatic rings. The fraction of sp³-hybridized carbons (Fsp3) is 1.00. The molecule has 1 N–H and O–H groups in total. The summed E-state index contributed by atoms with van der Waals surface area (Å²) in [6, 6.07) is 0. The van der Waals surface area contributed by atoms with E-state index in [9.17, 15) is 5.11 Å². The first-order valence-corrected chi connectivity index (χ1v) is 5.26. The van der Waals surface area contributed by atoms with Gasteiger partial charge in [0.15, 0.2) is 0 Å². The summed E-state index contributed by atoms with van der Waals surface area (Å²) in [7, 11) is 0. The predicted octanol–water partition coefficient (Wildman–Crippen LogP) is 3.22. The van der Waals surface area contributed by atoms with Crippen molar-refractivity contribution in [2.45, 2.75) is 59.5 Å². The molecule has 0 amide bonds. The van der Waals surface area contributed by atoms with Crippen molar-refractivity contribution in [3.05, 3.63) is 0 Å². The lowest BCUT2D eigenvalue weighted by molar-refractivity contribution is 0.141. The van der Waals surface area contributed by atoms with Gasteiger partial charge in [-0.05, 0) is 31.1 Å². The largest absolute Gasteiger partial charge is 0.393 e. The highest BCUT2D eigenvalue weighted by Crippen LogP contribution is 2.18. The molecule has 0 heterocycles. The maximum Gasteiger partial charge on any atom is 0.0540 e. The molecule has 0 aliphatic heterocycles. The van der Waals surface area contributed by atoms with Crippen LogP contribution in [0.25, 0.3) is 0 Å². The second-order valence-corrected chi connectivity index (χ2v) is 4.24. The van der Waals surface area contributed by atoms with Crippen LogP contribution in [0.2, 0.25) is 0 Å². The van der Waals surface area contributed by atoms with Gasteiger partial charge in [0.25, 0.3) is 0 Å². The van der Waals surface area contributed by atoms with Crippen LogP contribution in [-0.2, 0) is 0 Å². The summed E-state index contributed by atoms with van der Waals surface area (Å²) in [6.07, 6.45) is 4.14. The molecular weight excluding hydrogens is 148 g/mol. The lowest BCUT2D eigenvalue weighted by Crippen LogP contribution is -2.11. The Morgan fingerprint density at radius 2 is 1.58 bits per heavy atom. The fourth-order valence-corrected chi connectivity index (χ4v) is 1.27. The zero-order valence-corrected chi connectivity index (χ0v) is 9.01. The van der Waals surface area contributed by atoms with Crippen molar-refractivity contribution in [1.29, 1.82) is 0 Å². The Kier molecular flexibility index (Phi) is 6.45. The molecule has 1 heteroatoms. The van der Waals surface area contributed by atoms with Crippen LogP contribution in [0, 0.1) is 11.8 Å². The Hall–Kier alpha value is -0.0400. The first-order valence-electron chi connectivity index (χ1n) is 5.26. The van der Waals surface area contributed by atoms with Gasteiger partial charge in [-0.3, -0.25) is 0 Å². The highest BCUT2D eigenvalue weighted by molar-refractivity contribution is 4.61. The van der Waals surface area contributed by atoms with Crippen LogP contribution in [0.5, 0.6) is 0 Å². The molecule has 2 unspecified atom stereocenters. The maximum atomic E-state index is 9.48. The van der Waals surface area contributed by atoms with Crippen molar-refractivity contribution in [2.75, 3.05) is 0 Å². The highest BCUT2D eigenvalue weighted by atomic mass is 16.3. The van der Waals surface area contributed by atoms with Crippen LogP contribution in [0.3, 0.4) is 0 Å². The average Bonchev–Trinajstić information content (AvgIpc) is 2.00. The second-order valence-electron chi connectivity index (χ2n) is 4.24. The van der Waals surface area contributed by atoms with E-state index in [1.54, 1.807) is 0 Å². The van der Waals surface area contributed by atoms with E-state index >= 15 is 0 Å². The molecule has 0 rings (SSSR count). The fourth-order valence-electron chi connectivity index (χ4n) is 1.27. The third-order valence-electron chi connectivity index (χ3n) is 2.72. The molecular formula is C11H24O. The topological polar surface area (TPSA) is 20.2 Å². The summed E-state index contributed by atoms with van der Waals surface area (Å²) in [5.74, 6) is 1.50. The first kappa shape index (κ1) is 12.0. The van der Waals surface area contributed by atoms with Gasteiger partial charge in [0.2, 0.25) is 0 Å². The van der Waals surface area contributed by atoms with Gasteiger partial charge in [-0.15, -0.1) is 0 Å². The number of hydrogen-bond acceptors (Lipinski definition) is 1. The SMILES string of the molecule is CCCC(O)CCC(C)C(C)C. The summed E-state index contributed by atoms with van der Waals surface area (Å²) >= 11 is 0. The number of rotatable bonds is 6. The van der Waals surface area contributed by atoms with Crippen molar-refractivity contribution in [3.63, 3.8) is 0 Å². The van der Waals surface area contributed by atoms with E-state index in [0.29, 0.717) is 0 Å². The smallest absolute Gasteiger partial charge is 0.0540 e. The van der Waals surface area contributed by atoms with Gasteiger partial charge in [0.05, 0.1) is 6.10 Å². The molecule has 0 radical (unpaired) electrons. The van der Waals surface area contributed by atoms with Crippen molar-refractivity contribution < 1.29 is 5.11 Å². The summed E-state index contributed by atoms with van der Waals surface area (Å²) < 4.78 is 0. The van der Waals surface area contributed by atoms with Gasteiger partial charge >= 0.3 is 0 Å². The van der Waals surface area contributed by atoms with Gasteiger partial charge in [-0.25, -0.2) is 0 Å². The van der Waals surface area contributed by atoms with E-state index < -0.39 is 0 Å². The molecule has 74 valence electrons. The number of hydrogen-bond donors (Lipinski definition) is 1. The standard InChI is InChI=1S/C11H24O/c1-5-6-11(12)8-7-10(4)9(2)3/h9-12H,5-8H2,1-4H3. The highest BCUT2D eigenvalue weighted by Gasteiger charge is 2.09. The molecule has 0 saturated heterocycles. The average molecular weight is 172 g/mol.